The molecule has 0 radical (unpaired) electrons. The van der Waals surface area contributed by atoms with Crippen molar-refractivity contribution in [1.29, 1.82) is 0 Å². The molecule has 1 heterocycles. The third kappa shape index (κ3) is 5.43. The van der Waals surface area contributed by atoms with Gasteiger partial charge in [-0.05, 0) is 33.9 Å². The maximum Gasteiger partial charge on any atom is 0.407 e. The molecule has 2 N–H and O–H groups in total. The van der Waals surface area contributed by atoms with Crippen LogP contribution < -0.4 is 5.32 Å². The summed E-state index contributed by atoms with van der Waals surface area (Å²) < 4.78 is 5.45. The van der Waals surface area contributed by atoms with E-state index in [0.29, 0.717) is 10.8 Å². The van der Waals surface area contributed by atoms with E-state index in [9.17, 15) is 14.7 Å². The lowest BCUT2D eigenvalue weighted by Crippen LogP contribution is -2.43. The molecule has 0 saturated carbocycles. The first-order chi connectivity index (χ1) is 15.9. The summed E-state index contributed by atoms with van der Waals surface area (Å²) in [5.41, 5.74) is 5.15. The Balaban J connectivity index is 1.34. The Labute approximate surface area is 205 Å². The summed E-state index contributed by atoms with van der Waals surface area (Å²) in [6.45, 7) is 0.116. The van der Waals surface area contributed by atoms with Crippen molar-refractivity contribution in [2.45, 2.75) is 17.7 Å². The molecule has 1 aliphatic carbocycles. The number of fused-ring (bicyclic) bond motifs is 3. The highest BCUT2D eigenvalue weighted by Gasteiger charge is 2.29. The van der Waals surface area contributed by atoms with Gasteiger partial charge in [0.15, 0.2) is 0 Å². The molecule has 1 unspecified atom stereocenters. The molecule has 1 atom stereocenters. The van der Waals surface area contributed by atoms with Gasteiger partial charge in [0, 0.05) is 28.6 Å². The predicted octanol–water partition coefficient (Wildman–Crippen LogP) is 5.61. The van der Waals surface area contributed by atoms with Crippen LogP contribution in [0.15, 0.2) is 60.8 Å². The number of aromatic nitrogens is 1. The van der Waals surface area contributed by atoms with Gasteiger partial charge in [-0.1, -0.05) is 71.7 Å². The number of alkyl carbamates (subject to hydrolysis) is 1. The van der Waals surface area contributed by atoms with Gasteiger partial charge in [-0.2, -0.15) is 11.8 Å². The first-order valence-corrected chi connectivity index (χ1v) is 12.1. The zero-order valence-electron chi connectivity index (χ0n) is 17.3. The number of aliphatic carboxylic acids is 1. The smallest absolute Gasteiger partial charge is 0.407 e. The molecule has 1 aromatic heterocycles. The van der Waals surface area contributed by atoms with E-state index in [1.54, 1.807) is 6.20 Å². The third-order valence-electron chi connectivity index (χ3n) is 5.37. The molecule has 1 aliphatic rings. The molecular formula is C24H20Cl2N2O4S. The van der Waals surface area contributed by atoms with Crippen LogP contribution in [0.5, 0.6) is 0 Å². The van der Waals surface area contributed by atoms with Crippen LogP contribution in [-0.4, -0.2) is 40.6 Å². The predicted molar refractivity (Wildman–Crippen MR) is 130 cm³/mol. The fraction of sp³-hybridized carbons (Fsp3) is 0.208. The molecule has 33 heavy (non-hydrogen) atoms. The summed E-state index contributed by atoms with van der Waals surface area (Å²) in [5, 5.41) is 12.7. The first-order valence-electron chi connectivity index (χ1n) is 10.2. The number of hydrogen-bond acceptors (Lipinski definition) is 5. The Kier molecular flexibility index (Phi) is 7.42. The average Bonchev–Trinajstić information content (AvgIpc) is 3.12. The molecule has 6 nitrogen and oxygen atoms in total. The summed E-state index contributed by atoms with van der Waals surface area (Å²) in [6.07, 6.45) is 0.780. The van der Waals surface area contributed by atoms with Crippen LogP contribution in [0.1, 0.15) is 22.6 Å². The summed E-state index contributed by atoms with van der Waals surface area (Å²) in [6, 6.07) is 16.4. The fourth-order valence-corrected chi connectivity index (χ4v) is 5.33. The summed E-state index contributed by atoms with van der Waals surface area (Å²) >= 11 is 13.2. The highest BCUT2D eigenvalue weighted by atomic mass is 35.5. The standard InChI is InChI=1S/C24H20Cl2N2O4S/c25-20-9-22(26)27-10-14(20)12-33-13-21(23(29)30)28-24(31)32-11-19-17-7-3-1-5-15(17)16-6-2-4-8-18(16)19/h1-10,19,21H,11-13H2,(H,28,31)(H,29,30). The van der Waals surface area contributed by atoms with Crippen molar-refractivity contribution in [3.63, 3.8) is 0 Å². The molecule has 0 saturated heterocycles. The van der Waals surface area contributed by atoms with Crippen LogP contribution in [0.4, 0.5) is 4.79 Å². The summed E-state index contributed by atoms with van der Waals surface area (Å²) in [5.74, 6) is -0.672. The van der Waals surface area contributed by atoms with Crippen molar-refractivity contribution in [2.24, 2.45) is 0 Å². The van der Waals surface area contributed by atoms with Gasteiger partial charge in [0.25, 0.3) is 0 Å². The molecule has 0 spiro atoms. The van der Waals surface area contributed by atoms with Gasteiger partial charge in [-0.3, -0.25) is 0 Å². The van der Waals surface area contributed by atoms with Gasteiger partial charge in [-0.15, -0.1) is 0 Å². The lowest BCUT2D eigenvalue weighted by molar-refractivity contribution is -0.138. The number of benzene rings is 2. The van der Waals surface area contributed by atoms with Crippen LogP contribution in [0.3, 0.4) is 0 Å². The Hall–Kier alpha value is -2.74. The monoisotopic (exact) mass is 502 g/mol. The van der Waals surface area contributed by atoms with Crippen molar-refractivity contribution in [3.8, 4) is 11.1 Å². The Morgan fingerprint density at radius 1 is 1.09 bits per heavy atom. The molecule has 4 rings (SSSR count). The van der Waals surface area contributed by atoms with Crippen LogP contribution >= 0.6 is 35.0 Å². The van der Waals surface area contributed by atoms with Crippen LogP contribution in [0.25, 0.3) is 11.1 Å². The SMILES string of the molecule is O=C(NC(CSCc1cnc(Cl)cc1Cl)C(=O)O)OCC1c2ccccc2-c2ccccc21. The number of halogens is 2. The van der Waals surface area contributed by atoms with Crippen LogP contribution in [0, 0.1) is 0 Å². The summed E-state index contributed by atoms with van der Waals surface area (Å²) in [4.78, 5) is 28.0. The molecule has 9 heteroatoms. The van der Waals surface area contributed by atoms with Crippen LogP contribution in [-0.2, 0) is 15.3 Å². The van der Waals surface area contributed by atoms with Crippen molar-refractivity contribution >= 4 is 47.0 Å². The highest BCUT2D eigenvalue weighted by Crippen LogP contribution is 2.44. The molecule has 0 bridgehead atoms. The minimum Gasteiger partial charge on any atom is -0.480 e. The molecule has 1 amide bonds. The van der Waals surface area contributed by atoms with Gasteiger partial charge >= 0.3 is 12.1 Å². The van der Waals surface area contributed by atoms with E-state index in [2.05, 4.69) is 10.3 Å². The number of nitrogens with zero attached hydrogens (tertiary/aromatic N) is 1. The van der Waals surface area contributed by atoms with Crippen LogP contribution in [0.2, 0.25) is 10.2 Å². The third-order valence-corrected chi connectivity index (χ3v) is 7.01. The molecule has 0 aliphatic heterocycles. The normalized spacial score (nSPS) is 13.2. The number of hydrogen-bond donors (Lipinski definition) is 2. The Morgan fingerprint density at radius 2 is 1.73 bits per heavy atom. The van der Waals surface area contributed by atoms with E-state index in [-0.39, 0.29) is 23.4 Å². The quantitative estimate of drug-likeness (QED) is 0.389. The number of ether oxygens (including phenoxy) is 1. The summed E-state index contributed by atoms with van der Waals surface area (Å²) in [7, 11) is 0. The zero-order chi connectivity index (χ0) is 23.4. The minimum absolute atomic E-state index is 0.0969. The largest absolute Gasteiger partial charge is 0.480 e. The van der Waals surface area contributed by atoms with Gasteiger partial charge in [0.2, 0.25) is 0 Å². The number of nitrogens with one attached hydrogen (secondary N) is 1. The van der Waals surface area contributed by atoms with Crippen molar-refractivity contribution in [3.05, 3.63) is 87.7 Å². The van der Waals surface area contributed by atoms with E-state index in [1.807, 2.05) is 48.5 Å². The molecular weight excluding hydrogens is 483 g/mol. The number of amides is 1. The number of carboxylic acids is 1. The van der Waals surface area contributed by atoms with E-state index >= 15 is 0 Å². The number of carboxylic acid groups (broad SMARTS) is 1. The lowest BCUT2D eigenvalue weighted by atomic mass is 9.98. The molecule has 2 aromatic carbocycles. The maximum atomic E-state index is 12.4. The van der Waals surface area contributed by atoms with E-state index < -0.39 is 18.1 Å². The van der Waals surface area contributed by atoms with Gasteiger partial charge < -0.3 is 15.2 Å². The van der Waals surface area contributed by atoms with Gasteiger partial charge in [0.1, 0.15) is 17.8 Å². The number of rotatable bonds is 8. The number of pyridine rings is 1. The molecule has 170 valence electrons. The number of carbonyl (C=O) groups excluding carboxylic acids is 1. The topological polar surface area (TPSA) is 88.5 Å². The molecule has 0 fully saturated rings. The second-order valence-electron chi connectivity index (χ2n) is 7.47. The average molecular weight is 503 g/mol. The Morgan fingerprint density at radius 3 is 2.33 bits per heavy atom. The fourth-order valence-electron chi connectivity index (χ4n) is 3.79. The second kappa shape index (κ2) is 10.5. The number of carbonyl (C=O) groups is 2. The zero-order valence-corrected chi connectivity index (χ0v) is 19.7. The van der Waals surface area contributed by atoms with Gasteiger partial charge in [0.05, 0.1) is 0 Å². The highest BCUT2D eigenvalue weighted by molar-refractivity contribution is 7.98. The Bertz CT molecular complexity index is 1150. The lowest BCUT2D eigenvalue weighted by Gasteiger charge is -2.17. The second-order valence-corrected chi connectivity index (χ2v) is 9.30. The van der Waals surface area contributed by atoms with Crippen molar-refractivity contribution < 1.29 is 19.4 Å². The minimum atomic E-state index is -1.14. The van der Waals surface area contributed by atoms with Gasteiger partial charge in [-0.25, -0.2) is 14.6 Å². The van der Waals surface area contributed by atoms with E-state index in [0.717, 1.165) is 27.8 Å². The van der Waals surface area contributed by atoms with Crippen molar-refractivity contribution in [1.82, 2.24) is 10.3 Å². The maximum absolute atomic E-state index is 12.4. The van der Waals surface area contributed by atoms with E-state index in [4.69, 9.17) is 27.9 Å². The first kappa shape index (κ1) is 23.4. The molecule has 3 aromatic rings. The van der Waals surface area contributed by atoms with Crippen molar-refractivity contribution in [2.75, 3.05) is 12.4 Å². The van der Waals surface area contributed by atoms with E-state index in [1.165, 1.54) is 17.8 Å². The number of thioether (sulfide) groups is 1.